The molecule has 0 amide bonds. The Morgan fingerprint density at radius 1 is 0.379 bits per heavy atom. The summed E-state index contributed by atoms with van der Waals surface area (Å²) >= 11 is 1.86. The van der Waals surface area contributed by atoms with Crippen molar-refractivity contribution in [2.75, 3.05) is 0 Å². The van der Waals surface area contributed by atoms with Gasteiger partial charge in [0.1, 0.15) is 0 Å². The number of aromatic nitrogens is 3. The molecule has 268 valence electrons. The third-order valence-corrected chi connectivity index (χ3v) is 13.3. The van der Waals surface area contributed by atoms with Crippen LogP contribution in [0.3, 0.4) is 0 Å². The third kappa shape index (κ3) is 4.43. The molecule has 4 heteroatoms. The van der Waals surface area contributed by atoms with Crippen LogP contribution in [0.5, 0.6) is 0 Å². The van der Waals surface area contributed by atoms with E-state index in [9.17, 15) is 0 Å². The summed E-state index contributed by atoms with van der Waals surface area (Å²) in [5.74, 6) is 0.662. The van der Waals surface area contributed by atoms with Gasteiger partial charge in [0, 0.05) is 52.7 Å². The number of benzene rings is 10. The molecule has 13 aromatic rings. The van der Waals surface area contributed by atoms with E-state index < -0.39 is 0 Å². The highest BCUT2D eigenvalue weighted by molar-refractivity contribution is 7.25. The van der Waals surface area contributed by atoms with E-state index in [0.29, 0.717) is 5.95 Å². The van der Waals surface area contributed by atoms with E-state index in [1.807, 2.05) is 11.3 Å². The van der Waals surface area contributed by atoms with Crippen molar-refractivity contribution in [2.24, 2.45) is 0 Å². The van der Waals surface area contributed by atoms with E-state index in [4.69, 9.17) is 9.97 Å². The maximum Gasteiger partial charge on any atom is 0.235 e. The lowest BCUT2D eigenvalue weighted by atomic mass is 9.88. The van der Waals surface area contributed by atoms with Gasteiger partial charge in [0.15, 0.2) is 0 Å². The van der Waals surface area contributed by atoms with E-state index >= 15 is 0 Å². The second-order valence-electron chi connectivity index (χ2n) is 15.2. The molecule has 0 saturated heterocycles. The summed E-state index contributed by atoms with van der Waals surface area (Å²) in [7, 11) is 0. The Bertz CT molecular complexity index is 3860. The number of rotatable bonds is 3. The fourth-order valence-corrected chi connectivity index (χ4v) is 10.7. The van der Waals surface area contributed by atoms with Gasteiger partial charge in [-0.2, -0.15) is 0 Å². The molecular formula is C54H31N3S. The van der Waals surface area contributed by atoms with Crippen LogP contribution in [0, 0.1) is 0 Å². The first-order chi connectivity index (χ1) is 28.8. The molecule has 0 aliphatic heterocycles. The van der Waals surface area contributed by atoms with Crippen LogP contribution in [-0.4, -0.2) is 14.5 Å². The Morgan fingerprint density at radius 3 is 1.91 bits per heavy atom. The third-order valence-electron chi connectivity index (χ3n) is 12.2. The molecule has 0 aliphatic rings. The molecule has 0 saturated carbocycles. The molecule has 0 N–H and O–H groups in total. The molecule has 0 radical (unpaired) electrons. The SMILES string of the molecule is c1ccc(-c2nc(-n3c4ccc5ccccc5c4c4c5c6ccccc6c(-c6ccc7sc8ccccc8c7c6)cc5c5ccccc5c43)nc3ccccc23)cc1. The first-order valence-corrected chi connectivity index (χ1v) is 20.6. The quantitative estimate of drug-likeness (QED) is 0.168. The average Bonchev–Trinajstić information content (AvgIpc) is 3.85. The van der Waals surface area contributed by atoms with Crippen molar-refractivity contribution < 1.29 is 0 Å². The minimum absolute atomic E-state index is 0.662. The number of para-hydroxylation sites is 1. The number of thiophene rings is 1. The van der Waals surface area contributed by atoms with Crippen LogP contribution >= 0.6 is 11.3 Å². The van der Waals surface area contributed by atoms with Crippen molar-refractivity contribution in [3.8, 4) is 28.3 Å². The highest BCUT2D eigenvalue weighted by atomic mass is 32.1. The van der Waals surface area contributed by atoms with Crippen molar-refractivity contribution in [1.29, 1.82) is 0 Å². The number of hydrogen-bond acceptors (Lipinski definition) is 3. The monoisotopic (exact) mass is 753 g/mol. The number of fused-ring (bicyclic) bond motifs is 16. The summed E-state index contributed by atoms with van der Waals surface area (Å²) in [4.78, 5) is 10.9. The van der Waals surface area contributed by atoms with Gasteiger partial charge in [-0.05, 0) is 79.8 Å². The lowest BCUT2D eigenvalue weighted by molar-refractivity contribution is 1.02. The molecular weight excluding hydrogens is 723 g/mol. The Kier molecular flexibility index (Phi) is 6.60. The summed E-state index contributed by atoms with van der Waals surface area (Å²) in [5.41, 5.74) is 7.57. The van der Waals surface area contributed by atoms with Crippen LogP contribution in [0.15, 0.2) is 188 Å². The summed E-state index contributed by atoms with van der Waals surface area (Å²) in [6, 6.07) is 68.4. The minimum atomic E-state index is 0.662. The standard InChI is InChI=1S/C54H31N3S/c1-2-15-33(16-3-1)52-41-23-10-12-24-45(41)55-54(56-52)57-46-28-26-32-14-4-5-17-35(32)50(46)51-49-39-21-8-6-18-36(39)42(31-44(49)37-19-7-9-22-40(37)53(51)57)34-27-29-48-43(30-34)38-20-11-13-25-47(38)58-48/h1-31H. The molecule has 3 aromatic heterocycles. The second-order valence-corrected chi connectivity index (χ2v) is 16.3. The lowest BCUT2D eigenvalue weighted by Crippen LogP contribution is -2.04. The lowest BCUT2D eigenvalue weighted by Gasteiger charge is -2.16. The van der Waals surface area contributed by atoms with Gasteiger partial charge in [-0.3, -0.25) is 4.57 Å². The molecule has 0 spiro atoms. The summed E-state index contributed by atoms with van der Waals surface area (Å²) in [6.45, 7) is 0. The van der Waals surface area contributed by atoms with Crippen molar-refractivity contribution >= 4 is 107 Å². The predicted molar refractivity (Wildman–Crippen MR) is 248 cm³/mol. The van der Waals surface area contributed by atoms with E-state index in [1.54, 1.807) is 0 Å². The Balaban J connectivity index is 1.23. The summed E-state index contributed by atoms with van der Waals surface area (Å²) in [5, 5.41) is 15.8. The molecule has 3 nitrogen and oxygen atoms in total. The van der Waals surface area contributed by atoms with Gasteiger partial charge >= 0.3 is 0 Å². The van der Waals surface area contributed by atoms with E-state index in [0.717, 1.165) is 33.2 Å². The van der Waals surface area contributed by atoms with Gasteiger partial charge in [0.2, 0.25) is 5.95 Å². The largest absolute Gasteiger partial charge is 0.277 e. The molecule has 0 unspecified atom stereocenters. The smallest absolute Gasteiger partial charge is 0.235 e. The van der Waals surface area contributed by atoms with Crippen LogP contribution in [0.2, 0.25) is 0 Å². The average molecular weight is 754 g/mol. The van der Waals surface area contributed by atoms with Crippen LogP contribution < -0.4 is 0 Å². The van der Waals surface area contributed by atoms with Crippen molar-refractivity contribution in [2.45, 2.75) is 0 Å². The number of nitrogens with zero attached hydrogens (tertiary/aromatic N) is 3. The zero-order valence-corrected chi connectivity index (χ0v) is 32.0. The second kappa shape index (κ2) is 12.1. The molecule has 10 aromatic carbocycles. The molecule has 13 rings (SSSR count). The zero-order chi connectivity index (χ0) is 37.9. The highest BCUT2D eigenvalue weighted by Gasteiger charge is 2.25. The molecule has 58 heavy (non-hydrogen) atoms. The zero-order valence-electron chi connectivity index (χ0n) is 31.1. The maximum atomic E-state index is 5.49. The topological polar surface area (TPSA) is 30.7 Å². The maximum absolute atomic E-state index is 5.49. The predicted octanol–water partition coefficient (Wildman–Crippen LogP) is 15.0. The van der Waals surface area contributed by atoms with E-state index in [1.165, 1.54) is 85.2 Å². The van der Waals surface area contributed by atoms with E-state index in [-0.39, 0.29) is 0 Å². The van der Waals surface area contributed by atoms with Crippen LogP contribution in [0.1, 0.15) is 0 Å². The van der Waals surface area contributed by atoms with Gasteiger partial charge in [-0.15, -0.1) is 11.3 Å². The van der Waals surface area contributed by atoms with Crippen molar-refractivity contribution in [3.05, 3.63) is 188 Å². The molecule has 0 fully saturated rings. The molecule has 0 aliphatic carbocycles. The minimum Gasteiger partial charge on any atom is -0.277 e. The molecule has 0 bridgehead atoms. The summed E-state index contributed by atoms with van der Waals surface area (Å²) < 4.78 is 4.98. The molecule has 0 atom stereocenters. The first kappa shape index (κ1) is 31.8. The normalized spacial score (nSPS) is 12.1. The molecule has 3 heterocycles. The van der Waals surface area contributed by atoms with Gasteiger partial charge in [0.05, 0.1) is 22.2 Å². The van der Waals surface area contributed by atoms with E-state index in [2.05, 4.69) is 193 Å². The van der Waals surface area contributed by atoms with Crippen LogP contribution in [-0.2, 0) is 0 Å². The summed E-state index contributed by atoms with van der Waals surface area (Å²) in [6.07, 6.45) is 0. The van der Waals surface area contributed by atoms with Gasteiger partial charge in [-0.25, -0.2) is 9.97 Å². The van der Waals surface area contributed by atoms with Gasteiger partial charge in [0.25, 0.3) is 0 Å². The number of hydrogen-bond donors (Lipinski definition) is 0. The Hall–Kier alpha value is -7.40. The van der Waals surface area contributed by atoms with Gasteiger partial charge in [-0.1, -0.05) is 152 Å². The first-order valence-electron chi connectivity index (χ1n) is 19.7. The Labute approximate surface area is 336 Å². The van der Waals surface area contributed by atoms with Crippen LogP contribution in [0.25, 0.3) is 124 Å². The Morgan fingerprint density at radius 2 is 1.05 bits per heavy atom. The highest BCUT2D eigenvalue weighted by Crippen LogP contribution is 2.49. The van der Waals surface area contributed by atoms with Crippen LogP contribution in [0.4, 0.5) is 0 Å². The van der Waals surface area contributed by atoms with Gasteiger partial charge < -0.3 is 0 Å². The fraction of sp³-hybridized carbons (Fsp3) is 0. The van der Waals surface area contributed by atoms with Crippen molar-refractivity contribution in [1.82, 2.24) is 14.5 Å². The van der Waals surface area contributed by atoms with Crippen molar-refractivity contribution in [3.63, 3.8) is 0 Å². The fourth-order valence-electron chi connectivity index (χ4n) is 9.66.